The van der Waals surface area contributed by atoms with E-state index in [4.69, 9.17) is 9.47 Å². The Bertz CT molecular complexity index is 1440. The first-order valence-corrected chi connectivity index (χ1v) is 13.2. The third-order valence-electron chi connectivity index (χ3n) is 7.39. The van der Waals surface area contributed by atoms with Crippen molar-refractivity contribution in [1.29, 1.82) is 0 Å². The van der Waals surface area contributed by atoms with Crippen LogP contribution < -0.4 is 15.5 Å². The molecular formula is C32H33N3O4. The Morgan fingerprint density at radius 1 is 0.897 bits per heavy atom. The average Bonchev–Trinajstić information content (AvgIpc) is 3.38. The van der Waals surface area contributed by atoms with E-state index in [1.54, 1.807) is 24.3 Å². The fourth-order valence-corrected chi connectivity index (χ4v) is 5.40. The van der Waals surface area contributed by atoms with Gasteiger partial charge in [0.05, 0.1) is 7.11 Å². The molecule has 7 heteroatoms. The van der Waals surface area contributed by atoms with Gasteiger partial charge < -0.3 is 14.8 Å². The molecule has 0 spiro atoms. The molecule has 3 atom stereocenters. The van der Waals surface area contributed by atoms with Crippen molar-refractivity contribution >= 4 is 22.8 Å². The number of hydrogen-bond donors (Lipinski definition) is 2. The molecule has 0 bridgehead atoms. The largest absolute Gasteiger partial charge is 0.465 e. The normalized spacial score (nSPS) is 18.0. The van der Waals surface area contributed by atoms with Gasteiger partial charge in [0, 0.05) is 31.6 Å². The Kier molecular flexibility index (Phi) is 8.20. The van der Waals surface area contributed by atoms with Gasteiger partial charge in [0.2, 0.25) is 0 Å². The van der Waals surface area contributed by atoms with Crippen LogP contribution in [0.4, 0.5) is 4.79 Å². The summed E-state index contributed by atoms with van der Waals surface area (Å²) in [7, 11) is 1.29. The SMILES string of the molecule is COC(=O)c1ccccc1OC(=O)NN1C[C@H](CN[C@H](C)c2cccc3ccccc23)[C@@H](c2ccccc2)C1. The van der Waals surface area contributed by atoms with E-state index >= 15 is 0 Å². The summed E-state index contributed by atoms with van der Waals surface area (Å²) >= 11 is 0. The molecule has 0 aliphatic carbocycles. The molecule has 0 radical (unpaired) electrons. The maximum atomic E-state index is 12.8. The number of nitrogens with zero attached hydrogens (tertiary/aromatic N) is 1. The highest BCUT2D eigenvalue weighted by Crippen LogP contribution is 2.32. The summed E-state index contributed by atoms with van der Waals surface area (Å²) in [5.41, 5.74) is 5.58. The van der Waals surface area contributed by atoms with Crippen molar-refractivity contribution in [3.63, 3.8) is 0 Å². The van der Waals surface area contributed by atoms with Crippen LogP contribution in [0.3, 0.4) is 0 Å². The van der Waals surface area contributed by atoms with E-state index in [2.05, 4.69) is 72.3 Å². The van der Waals surface area contributed by atoms with Crippen molar-refractivity contribution in [3.05, 3.63) is 114 Å². The van der Waals surface area contributed by atoms with Crippen LogP contribution in [-0.2, 0) is 4.74 Å². The van der Waals surface area contributed by atoms with E-state index in [1.165, 1.54) is 29.0 Å². The van der Waals surface area contributed by atoms with Gasteiger partial charge in [-0.1, -0.05) is 84.9 Å². The third kappa shape index (κ3) is 6.11. The summed E-state index contributed by atoms with van der Waals surface area (Å²) in [6, 6.07) is 32.0. The molecule has 7 nitrogen and oxygen atoms in total. The third-order valence-corrected chi connectivity index (χ3v) is 7.39. The fraction of sp³-hybridized carbons (Fsp3) is 0.250. The van der Waals surface area contributed by atoms with Crippen LogP contribution in [0.15, 0.2) is 97.1 Å². The van der Waals surface area contributed by atoms with Gasteiger partial charge in [-0.2, -0.15) is 0 Å². The molecule has 1 saturated heterocycles. The van der Waals surface area contributed by atoms with E-state index < -0.39 is 12.1 Å². The molecule has 4 aromatic rings. The summed E-state index contributed by atoms with van der Waals surface area (Å²) < 4.78 is 10.3. The van der Waals surface area contributed by atoms with E-state index in [9.17, 15) is 9.59 Å². The van der Waals surface area contributed by atoms with Gasteiger partial charge in [0.1, 0.15) is 11.3 Å². The molecule has 200 valence electrons. The predicted octanol–water partition coefficient (Wildman–Crippen LogP) is 5.70. The molecule has 0 saturated carbocycles. The van der Waals surface area contributed by atoms with Crippen LogP contribution in [0.5, 0.6) is 5.75 Å². The second-order valence-corrected chi connectivity index (χ2v) is 9.87. The zero-order valence-electron chi connectivity index (χ0n) is 22.2. The molecule has 1 amide bonds. The maximum Gasteiger partial charge on any atom is 0.427 e. The molecule has 1 aliphatic rings. The number of carbonyl (C=O) groups is 2. The average molecular weight is 524 g/mol. The van der Waals surface area contributed by atoms with Gasteiger partial charge in [-0.05, 0) is 46.9 Å². The fourth-order valence-electron chi connectivity index (χ4n) is 5.40. The van der Waals surface area contributed by atoms with Crippen molar-refractivity contribution in [2.45, 2.75) is 18.9 Å². The number of carbonyl (C=O) groups excluding carboxylic acids is 2. The first-order valence-electron chi connectivity index (χ1n) is 13.2. The maximum absolute atomic E-state index is 12.8. The Balaban J connectivity index is 1.27. The van der Waals surface area contributed by atoms with Crippen LogP contribution in [0.2, 0.25) is 0 Å². The highest BCUT2D eigenvalue weighted by atomic mass is 16.6. The number of esters is 1. The van der Waals surface area contributed by atoms with Crippen LogP contribution in [0.1, 0.15) is 40.4 Å². The van der Waals surface area contributed by atoms with E-state index in [0.29, 0.717) is 13.1 Å². The quantitative estimate of drug-likeness (QED) is 0.289. The Morgan fingerprint density at radius 2 is 1.62 bits per heavy atom. The number of nitrogens with one attached hydrogen (secondary N) is 2. The summed E-state index contributed by atoms with van der Waals surface area (Å²) in [5, 5.41) is 8.13. The van der Waals surface area contributed by atoms with Crippen LogP contribution in [-0.4, -0.2) is 43.8 Å². The minimum Gasteiger partial charge on any atom is -0.465 e. The number of hydrazine groups is 1. The molecular weight excluding hydrogens is 490 g/mol. The van der Waals surface area contributed by atoms with Gasteiger partial charge in [-0.3, -0.25) is 5.43 Å². The first kappa shape index (κ1) is 26.4. The standard InChI is InChI=1S/C32H33N3O4/c1-22(26-17-10-14-23-13-6-7-15-27(23)26)33-19-25-20-35(21-29(25)24-11-4-3-5-12-24)34-32(37)39-30-18-9-8-16-28(30)31(36)38-2/h3-18,22,25,29,33H,19-21H2,1-2H3,(H,34,37)/t22-,25+,29-/m1/s1. The van der Waals surface area contributed by atoms with Crippen LogP contribution >= 0.6 is 0 Å². The highest BCUT2D eigenvalue weighted by molar-refractivity contribution is 5.93. The number of amides is 1. The van der Waals surface area contributed by atoms with Crippen LogP contribution in [0.25, 0.3) is 10.8 Å². The molecule has 39 heavy (non-hydrogen) atoms. The van der Waals surface area contributed by atoms with Crippen molar-refractivity contribution in [2.75, 3.05) is 26.7 Å². The lowest BCUT2D eigenvalue weighted by Crippen LogP contribution is -2.43. The Morgan fingerprint density at radius 3 is 2.44 bits per heavy atom. The minimum atomic E-state index is -0.643. The summed E-state index contributed by atoms with van der Waals surface area (Å²) in [6.45, 7) is 4.28. The molecule has 1 heterocycles. The smallest absolute Gasteiger partial charge is 0.427 e. The van der Waals surface area contributed by atoms with Crippen molar-refractivity contribution in [1.82, 2.24) is 15.8 Å². The number of benzene rings is 4. The lowest BCUT2D eigenvalue weighted by atomic mass is 9.88. The topological polar surface area (TPSA) is 79.9 Å². The minimum absolute atomic E-state index is 0.155. The van der Waals surface area contributed by atoms with Gasteiger partial charge in [-0.15, -0.1) is 0 Å². The number of rotatable bonds is 8. The highest BCUT2D eigenvalue weighted by Gasteiger charge is 2.35. The summed E-state index contributed by atoms with van der Waals surface area (Å²) in [6.07, 6.45) is -0.643. The summed E-state index contributed by atoms with van der Waals surface area (Å²) in [5.74, 6) is 0.0755. The zero-order chi connectivity index (χ0) is 27.2. The lowest BCUT2D eigenvalue weighted by Gasteiger charge is -2.23. The number of hydrogen-bond acceptors (Lipinski definition) is 6. The Labute approximate surface area is 228 Å². The monoisotopic (exact) mass is 523 g/mol. The molecule has 1 aliphatic heterocycles. The number of methoxy groups -OCH3 is 1. The second-order valence-electron chi connectivity index (χ2n) is 9.87. The Hall–Kier alpha value is -4.20. The van der Waals surface area contributed by atoms with Crippen molar-refractivity contribution in [3.8, 4) is 5.75 Å². The molecule has 2 N–H and O–H groups in total. The van der Waals surface area contributed by atoms with Gasteiger partial charge in [0.25, 0.3) is 0 Å². The lowest BCUT2D eigenvalue weighted by molar-refractivity contribution is 0.0597. The van der Waals surface area contributed by atoms with Crippen molar-refractivity contribution < 1.29 is 19.1 Å². The van der Waals surface area contributed by atoms with Gasteiger partial charge >= 0.3 is 12.1 Å². The number of para-hydroxylation sites is 1. The molecule has 0 unspecified atom stereocenters. The van der Waals surface area contributed by atoms with E-state index in [1.807, 2.05) is 23.2 Å². The van der Waals surface area contributed by atoms with Crippen LogP contribution in [0, 0.1) is 5.92 Å². The second kappa shape index (κ2) is 12.1. The van der Waals surface area contributed by atoms with E-state index in [0.717, 1.165) is 6.54 Å². The van der Waals surface area contributed by atoms with Gasteiger partial charge in [0.15, 0.2) is 0 Å². The summed E-state index contributed by atoms with van der Waals surface area (Å²) in [4.78, 5) is 24.9. The first-order chi connectivity index (χ1) is 19.0. The molecule has 5 rings (SSSR count). The van der Waals surface area contributed by atoms with Gasteiger partial charge in [-0.25, -0.2) is 14.6 Å². The zero-order valence-corrected chi connectivity index (χ0v) is 22.2. The molecule has 1 fully saturated rings. The number of ether oxygens (including phenoxy) is 2. The van der Waals surface area contributed by atoms with E-state index in [-0.39, 0.29) is 29.2 Å². The molecule has 0 aromatic heterocycles. The van der Waals surface area contributed by atoms with Crippen molar-refractivity contribution in [2.24, 2.45) is 5.92 Å². The molecule has 4 aromatic carbocycles. The predicted molar refractivity (Wildman–Crippen MR) is 152 cm³/mol. The number of fused-ring (bicyclic) bond motifs is 1.